The molecule has 1 aliphatic heterocycles. The molecule has 1 aromatic rings. The molecule has 7 heteroatoms. The standard InChI is InChI=1S/C10H13BrN4O2/c11-8-6-12-7-9(13-8)14-2-1-3-15(5-4-14)10(16)17/h6-7H,1-5H2,(H,16,17). The van der Waals surface area contributed by atoms with Gasteiger partial charge in [-0.1, -0.05) is 0 Å². The Morgan fingerprint density at radius 1 is 1.29 bits per heavy atom. The van der Waals surface area contributed by atoms with E-state index < -0.39 is 6.09 Å². The van der Waals surface area contributed by atoms with E-state index in [0.29, 0.717) is 24.2 Å². The zero-order valence-electron chi connectivity index (χ0n) is 9.21. The van der Waals surface area contributed by atoms with Gasteiger partial charge in [0.1, 0.15) is 10.4 Å². The van der Waals surface area contributed by atoms with Gasteiger partial charge in [0, 0.05) is 26.2 Å². The van der Waals surface area contributed by atoms with Crippen LogP contribution in [0.2, 0.25) is 0 Å². The number of amides is 1. The van der Waals surface area contributed by atoms with Crippen molar-refractivity contribution in [2.45, 2.75) is 6.42 Å². The Bertz CT molecular complexity index is 415. The molecule has 0 saturated carbocycles. The van der Waals surface area contributed by atoms with Crippen molar-refractivity contribution in [3.05, 3.63) is 17.0 Å². The van der Waals surface area contributed by atoms with Crippen molar-refractivity contribution in [1.29, 1.82) is 0 Å². The maximum Gasteiger partial charge on any atom is 0.407 e. The Morgan fingerprint density at radius 3 is 2.82 bits per heavy atom. The number of halogens is 1. The molecule has 1 N–H and O–H groups in total. The molecule has 0 unspecified atom stereocenters. The summed E-state index contributed by atoms with van der Waals surface area (Å²) in [7, 11) is 0. The molecule has 0 aromatic carbocycles. The van der Waals surface area contributed by atoms with E-state index in [1.807, 2.05) is 0 Å². The van der Waals surface area contributed by atoms with Gasteiger partial charge in [-0.15, -0.1) is 0 Å². The largest absolute Gasteiger partial charge is 0.465 e. The third-order valence-electron chi connectivity index (χ3n) is 2.68. The van der Waals surface area contributed by atoms with Gasteiger partial charge < -0.3 is 14.9 Å². The minimum atomic E-state index is -0.854. The zero-order chi connectivity index (χ0) is 12.3. The van der Waals surface area contributed by atoms with Crippen LogP contribution in [0.4, 0.5) is 10.6 Å². The van der Waals surface area contributed by atoms with Crippen LogP contribution >= 0.6 is 15.9 Å². The third-order valence-corrected chi connectivity index (χ3v) is 3.06. The molecule has 2 heterocycles. The highest BCUT2D eigenvalue weighted by Gasteiger charge is 2.19. The number of carboxylic acid groups (broad SMARTS) is 1. The average molecular weight is 301 g/mol. The number of carbonyl (C=O) groups is 1. The van der Waals surface area contributed by atoms with E-state index in [4.69, 9.17) is 5.11 Å². The van der Waals surface area contributed by atoms with Gasteiger partial charge in [0.25, 0.3) is 0 Å². The molecule has 1 fully saturated rings. The fourth-order valence-corrected chi connectivity index (χ4v) is 2.12. The van der Waals surface area contributed by atoms with E-state index in [2.05, 4.69) is 30.8 Å². The Kier molecular flexibility index (Phi) is 3.78. The first-order valence-corrected chi connectivity index (χ1v) is 6.16. The van der Waals surface area contributed by atoms with Crippen LogP contribution in [0.5, 0.6) is 0 Å². The van der Waals surface area contributed by atoms with Crippen LogP contribution < -0.4 is 4.90 Å². The maximum atomic E-state index is 10.9. The molecule has 1 aliphatic rings. The highest BCUT2D eigenvalue weighted by molar-refractivity contribution is 9.10. The van der Waals surface area contributed by atoms with Gasteiger partial charge in [0.05, 0.1) is 12.4 Å². The predicted octanol–water partition coefficient (Wildman–Crippen LogP) is 1.43. The summed E-state index contributed by atoms with van der Waals surface area (Å²) in [6.07, 6.45) is 3.28. The number of aromatic nitrogens is 2. The van der Waals surface area contributed by atoms with Gasteiger partial charge in [0.2, 0.25) is 0 Å². The first-order valence-electron chi connectivity index (χ1n) is 5.37. The smallest absolute Gasteiger partial charge is 0.407 e. The predicted molar refractivity (Wildman–Crippen MR) is 66.2 cm³/mol. The van der Waals surface area contributed by atoms with Crippen molar-refractivity contribution >= 4 is 27.8 Å². The molecule has 92 valence electrons. The summed E-state index contributed by atoms with van der Waals surface area (Å²) in [4.78, 5) is 22.8. The van der Waals surface area contributed by atoms with E-state index in [1.54, 1.807) is 12.4 Å². The lowest BCUT2D eigenvalue weighted by atomic mass is 10.4. The van der Waals surface area contributed by atoms with Crippen molar-refractivity contribution in [2.24, 2.45) is 0 Å². The molecule has 0 aliphatic carbocycles. The summed E-state index contributed by atoms with van der Waals surface area (Å²) >= 11 is 3.28. The second-order valence-corrected chi connectivity index (χ2v) is 4.62. The zero-order valence-corrected chi connectivity index (χ0v) is 10.8. The monoisotopic (exact) mass is 300 g/mol. The average Bonchev–Trinajstić information content (AvgIpc) is 2.54. The molecule has 6 nitrogen and oxygen atoms in total. The van der Waals surface area contributed by atoms with Gasteiger partial charge in [-0.25, -0.2) is 9.78 Å². The fourth-order valence-electron chi connectivity index (χ4n) is 1.82. The summed E-state index contributed by atoms with van der Waals surface area (Å²) in [5.41, 5.74) is 0. The van der Waals surface area contributed by atoms with Gasteiger partial charge in [0.15, 0.2) is 0 Å². The van der Waals surface area contributed by atoms with E-state index in [9.17, 15) is 4.79 Å². The van der Waals surface area contributed by atoms with Crippen LogP contribution in [0.25, 0.3) is 0 Å². The van der Waals surface area contributed by atoms with Gasteiger partial charge in [-0.2, -0.15) is 0 Å². The SMILES string of the molecule is O=C(O)N1CCCN(c2cncc(Br)n2)CC1. The molecule has 1 amide bonds. The highest BCUT2D eigenvalue weighted by Crippen LogP contribution is 2.15. The van der Waals surface area contributed by atoms with Crippen molar-refractivity contribution in [3.8, 4) is 0 Å². The second-order valence-electron chi connectivity index (χ2n) is 3.81. The van der Waals surface area contributed by atoms with E-state index in [-0.39, 0.29) is 0 Å². The van der Waals surface area contributed by atoms with Crippen LogP contribution in [0.1, 0.15) is 6.42 Å². The summed E-state index contributed by atoms with van der Waals surface area (Å²) < 4.78 is 0.689. The molecular weight excluding hydrogens is 288 g/mol. The molecule has 2 rings (SSSR count). The first-order chi connectivity index (χ1) is 8.16. The Morgan fingerprint density at radius 2 is 2.12 bits per heavy atom. The van der Waals surface area contributed by atoms with Crippen LogP contribution in [0.3, 0.4) is 0 Å². The van der Waals surface area contributed by atoms with E-state index in [0.717, 1.165) is 18.8 Å². The summed E-state index contributed by atoms with van der Waals surface area (Å²) in [5, 5.41) is 8.94. The molecule has 0 bridgehead atoms. The van der Waals surface area contributed by atoms with Crippen LogP contribution in [0.15, 0.2) is 17.0 Å². The summed E-state index contributed by atoms with van der Waals surface area (Å²) in [5.74, 6) is 0.784. The van der Waals surface area contributed by atoms with Gasteiger partial charge in [-0.05, 0) is 22.4 Å². The Hall–Kier alpha value is -1.37. The number of rotatable bonds is 1. The topological polar surface area (TPSA) is 69.6 Å². The quantitative estimate of drug-likeness (QED) is 0.850. The normalized spacial score (nSPS) is 16.8. The van der Waals surface area contributed by atoms with Crippen molar-refractivity contribution in [1.82, 2.24) is 14.9 Å². The minimum Gasteiger partial charge on any atom is -0.465 e. The molecular formula is C10H13BrN4O2. The lowest BCUT2D eigenvalue weighted by Crippen LogP contribution is -2.34. The van der Waals surface area contributed by atoms with Gasteiger partial charge in [-0.3, -0.25) is 4.98 Å². The minimum absolute atomic E-state index is 0.503. The molecule has 0 atom stereocenters. The van der Waals surface area contributed by atoms with Crippen LogP contribution in [-0.2, 0) is 0 Å². The first kappa shape index (κ1) is 12.1. The van der Waals surface area contributed by atoms with Crippen LogP contribution in [0, 0.1) is 0 Å². The number of hydrogen-bond donors (Lipinski definition) is 1. The number of nitrogens with zero attached hydrogens (tertiary/aromatic N) is 4. The lowest BCUT2D eigenvalue weighted by Gasteiger charge is -2.21. The van der Waals surface area contributed by atoms with Crippen molar-refractivity contribution in [3.63, 3.8) is 0 Å². The molecule has 17 heavy (non-hydrogen) atoms. The third kappa shape index (κ3) is 3.06. The Balaban J connectivity index is 2.06. The number of anilines is 1. The summed E-state index contributed by atoms with van der Waals surface area (Å²) in [6, 6.07) is 0. The van der Waals surface area contributed by atoms with E-state index >= 15 is 0 Å². The van der Waals surface area contributed by atoms with Crippen molar-refractivity contribution in [2.75, 3.05) is 31.1 Å². The van der Waals surface area contributed by atoms with Gasteiger partial charge >= 0.3 is 6.09 Å². The molecule has 0 spiro atoms. The van der Waals surface area contributed by atoms with E-state index in [1.165, 1.54) is 4.90 Å². The fraction of sp³-hybridized carbons (Fsp3) is 0.500. The number of hydrogen-bond acceptors (Lipinski definition) is 4. The molecule has 1 saturated heterocycles. The van der Waals surface area contributed by atoms with Crippen molar-refractivity contribution < 1.29 is 9.90 Å². The van der Waals surface area contributed by atoms with Crippen LogP contribution in [-0.4, -0.2) is 52.2 Å². The summed E-state index contributed by atoms with van der Waals surface area (Å²) in [6.45, 7) is 2.53. The molecule has 1 aromatic heterocycles. The lowest BCUT2D eigenvalue weighted by molar-refractivity contribution is 0.148. The maximum absolute atomic E-state index is 10.9. The highest BCUT2D eigenvalue weighted by atomic mass is 79.9. The Labute approximate surface area is 107 Å². The second kappa shape index (κ2) is 5.31. The molecule has 0 radical (unpaired) electrons.